The maximum Gasteiger partial charge on any atom is 0.314 e. The Bertz CT molecular complexity index is 299. The molecular formula is C12H16O2. The number of carboxylic acids is 1. The third-order valence-electron chi connectivity index (χ3n) is 3.19. The first-order chi connectivity index (χ1) is 6.79. The summed E-state index contributed by atoms with van der Waals surface area (Å²) in [7, 11) is 0. The lowest BCUT2D eigenvalue weighted by Gasteiger charge is -2.15. The van der Waals surface area contributed by atoms with Gasteiger partial charge in [0, 0.05) is 0 Å². The average molecular weight is 192 g/mol. The second kappa shape index (κ2) is 3.99. The third-order valence-corrected chi connectivity index (χ3v) is 3.19. The number of rotatable bonds is 1. The Balaban J connectivity index is 2.20. The Morgan fingerprint density at radius 1 is 1.21 bits per heavy atom. The highest BCUT2D eigenvalue weighted by Gasteiger charge is 2.26. The predicted molar refractivity (Wildman–Crippen MR) is 55.0 cm³/mol. The number of carbonyl (C=O) groups is 1. The summed E-state index contributed by atoms with van der Waals surface area (Å²) >= 11 is 0. The molecule has 0 saturated heterocycles. The molecule has 0 heterocycles. The lowest BCUT2D eigenvalue weighted by molar-refractivity contribution is -0.138. The zero-order valence-corrected chi connectivity index (χ0v) is 8.33. The molecule has 2 aliphatic rings. The highest BCUT2D eigenvalue weighted by Crippen LogP contribution is 2.34. The largest absolute Gasteiger partial charge is 0.481 e. The second-order valence-electron chi connectivity index (χ2n) is 4.14. The number of aliphatic carboxylic acids is 1. The first-order valence-corrected chi connectivity index (χ1v) is 5.42. The molecule has 0 aliphatic heterocycles. The van der Waals surface area contributed by atoms with Crippen molar-refractivity contribution < 1.29 is 9.90 Å². The minimum Gasteiger partial charge on any atom is -0.481 e. The van der Waals surface area contributed by atoms with E-state index in [0.29, 0.717) is 0 Å². The molecule has 0 amide bonds. The van der Waals surface area contributed by atoms with Crippen LogP contribution in [0.25, 0.3) is 0 Å². The molecule has 76 valence electrons. The summed E-state index contributed by atoms with van der Waals surface area (Å²) in [6.07, 6.45) is 10.9. The van der Waals surface area contributed by atoms with E-state index in [2.05, 4.69) is 0 Å². The monoisotopic (exact) mass is 192 g/mol. The first kappa shape index (κ1) is 9.50. The third kappa shape index (κ3) is 1.74. The molecule has 0 bridgehead atoms. The first-order valence-electron chi connectivity index (χ1n) is 5.42. The molecule has 1 N–H and O–H groups in total. The van der Waals surface area contributed by atoms with Gasteiger partial charge in [-0.25, -0.2) is 0 Å². The van der Waals surface area contributed by atoms with Crippen LogP contribution in [0.15, 0.2) is 23.3 Å². The molecule has 0 saturated carbocycles. The Labute approximate surface area is 84.3 Å². The molecule has 0 aromatic carbocycles. The van der Waals surface area contributed by atoms with Gasteiger partial charge in [0.25, 0.3) is 0 Å². The Hall–Kier alpha value is -1.05. The number of allylic oxidation sites excluding steroid dienone is 2. The topological polar surface area (TPSA) is 37.3 Å². The fraction of sp³-hybridized carbons (Fsp3) is 0.583. The quantitative estimate of drug-likeness (QED) is 0.693. The number of hydrogen-bond donors (Lipinski definition) is 1. The maximum absolute atomic E-state index is 11.0. The van der Waals surface area contributed by atoms with E-state index < -0.39 is 5.97 Å². The molecule has 0 aromatic rings. The van der Waals surface area contributed by atoms with E-state index in [0.717, 1.165) is 19.3 Å². The Morgan fingerprint density at radius 3 is 2.64 bits per heavy atom. The Morgan fingerprint density at radius 2 is 1.93 bits per heavy atom. The van der Waals surface area contributed by atoms with E-state index in [9.17, 15) is 4.79 Å². The van der Waals surface area contributed by atoms with E-state index in [1.807, 2.05) is 12.2 Å². The normalized spacial score (nSPS) is 27.0. The molecular weight excluding hydrogens is 176 g/mol. The molecule has 0 spiro atoms. The van der Waals surface area contributed by atoms with Gasteiger partial charge in [0.05, 0.1) is 5.92 Å². The maximum atomic E-state index is 11.0. The molecule has 2 aliphatic carbocycles. The minimum atomic E-state index is -0.688. The predicted octanol–water partition coefficient (Wildman–Crippen LogP) is 2.91. The lowest BCUT2D eigenvalue weighted by Crippen LogP contribution is -2.12. The van der Waals surface area contributed by atoms with Gasteiger partial charge in [-0.1, -0.05) is 25.0 Å². The SMILES string of the molecule is O=C(O)C1C=CC2=C1CCCCCC2. The van der Waals surface area contributed by atoms with Gasteiger partial charge in [-0.2, -0.15) is 0 Å². The van der Waals surface area contributed by atoms with E-state index in [4.69, 9.17) is 5.11 Å². The smallest absolute Gasteiger partial charge is 0.314 e. The van der Waals surface area contributed by atoms with Crippen LogP contribution in [0.2, 0.25) is 0 Å². The van der Waals surface area contributed by atoms with Gasteiger partial charge in [0.15, 0.2) is 0 Å². The fourth-order valence-electron chi connectivity index (χ4n) is 2.41. The van der Waals surface area contributed by atoms with Crippen molar-refractivity contribution in [3.05, 3.63) is 23.3 Å². The van der Waals surface area contributed by atoms with Gasteiger partial charge in [-0.3, -0.25) is 4.79 Å². The van der Waals surface area contributed by atoms with Crippen LogP contribution in [0.5, 0.6) is 0 Å². The van der Waals surface area contributed by atoms with Crippen molar-refractivity contribution in [2.24, 2.45) is 5.92 Å². The summed E-state index contributed by atoms with van der Waals surface area (Å²) in [6, 6.07) is 0. The van der Waals surface area contributed by atoms with Crippen molar-refractivity contribution in [1.29, 1.82) is 0 Å². The van der Waals surface area contributed by atoms with Crippen molar-refractivity contribution in [1.82, 2.24) is 0 Å². The van der Waals surface area contributed by atoms with Gasteiger partial charge in [0.1, 0.15) is 0 Å². The van der Waals surface area contributed by atoms with Crippen LogP contribution in [0.4, 0.5) is 0 Å². The molecule has 0 fully saturated rings. The van der Waals surface area contributed by atoms with Gasteiger partial charge in [0.2, 0.25) is 0 Å². The minimum absolute atomic E-state index is 0.317. The molecule has 2 rings (SSSR count). The van der Waals surface area contributed by atoms with Crippen molar-refractivity contribution >= 4 is 5.97 Å². The van der Waals surface area contributed by atoms with Crippen molar-refractivity contribution in [2.75, 3.05) is 0 Å². The van der Waals surface area contributed by atoms with Crippen LogP contribution in [-0.4, -0.2) is 11.1 Å². The summed E-state index contributed by atoms with van der Waals surface area (Å²) in [6.45, 7) is 0. The standard InChI is InChI=1S/C12H16O2/c13-12(14)11-8-7-9-5-3-1-2-4-6-10(9)11/h7-8,11H,1-6H2,(H,13,14). The second-order valence-corrected chi connectivity index (χ2v) is 4.14. The highest BCUT2D eigenvalue weighted by atomic mass is 16.4. The average Bonchev–Trinajstić information content (AvgIpc) is 2.47. The molecule has 0 aromatic heterocycles. The summed E-state index contributed by atoms with van der Waals surface area (Å²) in [4.78, 5) is 11.0. The van der Waals surface area contributed by atoms with E-state index in [-0.39, 0.29) is 5.92 Å². The number of carboxylic acid groups (broad SMARTS) is 1. The lowest BCUT2D eigenvalue weighted by atomic mass is 9.90. The van der Waals surface area contributed by atoms with Crippen molar-refractivity contribution in [2.45, 2.75) is 38.5 Å². The van der Waals surface area contributed by atoms with Gasteiger partial charge in [-0.05, 0) is 36.8 Å². The zero-order valence-electron chi connectivity index (χ0n) is 8.33. The van der Waals surface area contributed by atoms with E-state index >= 15 is 0 Å². The van der Waals surface area contributed by atoms with Crippen LogP contribution >= 0.6 is 0 Å². The van der Waals surface area contributed by atoms with Gasteiger partial charge < -0.3 is 5.11 Å². The highest BCUT2D eigenvalue weighted by molar-refractivity contribution is 5.78. The number of hydrogen-bond acceptors (Lipinski definition) is 1. The van der Waals surface area contributed by atoms with Crippen LogP contribution < -0.4 is 0 Å². The van der Waals surface area contributed by atoms with Gasteiger partial charge >= 0.3 is 5.97 Å². The molecule has 2 nitrogen and oxygen atoms in total. The molecule has 14 heavy (non-hydrogen) atoms. The summed E-state index contributed by atoms with van der Waals surface area (Å²) in [5.41, 5.74) is 2.48. The summed E-state index contributed by atoms with van der Waals surface area (Å²) < 4.78 is 0. The van der Waals surface area contributed by atoms with Crippen molar-refractivity contribution in [3.8, 4) is 0 Å². The molecule has 1 unspecified atom stereocenters. The molecule has 1 atom stereocenters. The summed E-state index contributed by atoms with van der Waals surface area (Å²) in [5.74, 6) is -1.00. The van der Waals surface area contributed by atoms with Crippen LogP contribution in [0.3, 0.4) is 0 Å². The molecule has 0 radical (unpaired) electrons. The van der Waals surface area contributed by atoms with E-state index in [1.54, 1.807) is 0 Å². The van der Waals surface area contributed by atoms with Crippen LogP contribution in [0, 0.1) is 5.92 Å². The van der Waals surface area contributed by atoms with Crippen molar-refractivity contribution in [3.63, 3.8) is 0 Å². The zero-order chi connectivity index (χ0) is 9.97. The van der Waals surface area contributed by atoms with Crippen LogP contribution in [0.1, 0.15) is 38.5 Å². The molecule has 2 heteroatoms. The van der Waals surface area contributed by atoms with Crippen LogP contribution in [-0.2, 0) is 4.79 Å². The summed E-state index contributed by atoms with van der Waals surface area (Å²) in [5, 5.41) is 9.03. The Kier molecular flexibility index (Phi) is 2.71. The van der Waals surface area contributed by atoms with Gasteiger partial charge in [-0.15, -0.1) is 0 Å². The fourth-order valence-corrected chi connectivity index (χ4v) is 2.41. The van der Waals surface area contributed by atoms with E-state index in [1.165, 1.54) is 30.4 Å².